The Kier molecular flexibility index (Phi) is 5.90. The molecule has 0 spiro atoms. The summed E-state index contributed by atoms with van der Waals surface area (Å²) in [5.74, 6) is -1.15. The fraction of sp³-hybridized carbons (Fsp3) is 0.167. The number of methoxy groups -OCH3 is 2. The summed E-state index contributed by atoms with van der Waals surface area (Å²) in [6.45, 7) is 2.02. The van der Waals surface area contributed by atoms with Crippen LogP contribution in [0.3, 0.4) is 0 Å². The van der Waals surface area contributed by atoms with Crippen molar-refractivity contribution in [2.45, 2.75) is 12.8 Å². The average Bonchev–Trinajstić information content (AvgIpc) is 2.75. The Hall–Kier alpha value is -3.40. The van der Waals surface area contributed by atoms with Crippen molar-refractivity contribution in [2.24, 2.45) is 0 Å². The molecule has 3 rings (SSSR count). The number of carbonyl (C=O) groups excluding carboxylic acids is 2. The molecule has 0 unspecified atom stereocenters. The highest BCUT2D eigenvalue weighted by atomic mass is 16.5. The third-order valence-electron chi connectivity index (χ3n) is 4.85. The molecule has 0 aliphatic carbocycles. The molecule has 142 valence electrons. The number of hydrogen-bond acceptors (Lipinski definition) is 4. The van der Waals surface area contributed by atoms with E-state index in [0.717, 1.165) is 22.3 Å². The molecule has 0 heterocycles. The minimum absolute atomic E-state index is 0.327. The minimum atomic E-state index is -0.412. The van der Waals surface area contributed by atoms with Crippen molar-refractivity contribution in [3.8, 4) is 0 Å². The minimum Gasteiger partial charge on any atom is -0.465 e. The van der Waals surface area contributed by atoms with Gasteiger partial charge in [-0.1, -0.05) is 60.7 Å². The second kappa shape index (κ2) is 8.53. The van der Waals surface area contributed by atoms with Crippen LogP contribution in [0.5, 0.6) is 0 Å². The quantitative estimate of drug-likeness (QED) is 0.478. The maximum atomic E-state index is 12.4. The van der Waals surface area contributed by atoms with E-state index in [-0.39, 0.29) is 5.92 Å². The first-order chi connectivity index (χ1) is 13.6. The van der Waals surface area contributed by atoms with Crippen LogP contribution in [0.1, 0.15) is 48.9 Å². The average molecular weight is 374 g/mol. The monoisotopic (exact) mass is 374 g/mol. The summed E-state index contributed by atoms with van der Waals surface area (Å²) in [5, 5.41) is 0. The number of esters is 2. The van der Waals surface area contributed by atoms with Gasteiger partial charge in [0.15, 0.2) is 0 Å². The number of aryl methyl sites for hydroxylation is 1. The van der Waals surface area contributed by atoms with Crippen LogP contribution in [0.4, 0.5) is 0 Å². The highest BCUT2D eigenvalue weighted by Crippen LogP contribution is 2.37. The number of ether oxygens (including phenoxy) is 2. The largest absolute Gasteiger partial charge is 0.465 e. The number of hydrogen-bond donors (Lipinski definition) is 0. The van der Waals surface area contributed by atoms with Crippen molar-refractivity contribution in [3.63, 3.8) is 0 Å². The zero-order valence-corrected chi connectivity index (χ0v) is 16.1. The lowest BCUT2D eigenvalue weighted by atomic mass is 9.79. The van der Waals surface area contributed by atoms with Gasteiger partial charge in [0, 0.05) is 5.92 Å². The van der Waals surface area contributed by atoms with Crippen LogP contribution in [-0.4, -0.2) is 26.2 Å². The van der Waals surface area contributed by atoms with Gasteiger partial charge in [-0.25, -0.2) is 9.59 Å². The molecule has 3 aromatic rings. The van der Waals surface area contributed by atoms with E-state index in [1.807, 2.05) is 55.5 Å². The topological polar surface area (TPSA) is 52.6 Å². The Bertz CT molecular complexity index is 947. The standard InChI is InChI=1S/C24H22O4/c1-16-10-4-5-11-17(16)22(18-12-6-8-14-20(18)23(25)27-2)19-13-7-9-15-21(19)24(26)28-3/h4-15,22H,1-3H3. The Balaban J connectivity index is 2.33. The van der Waals surface area contributed by atoms with Gasteiger partial charge in [-0.3, -0.25) is 0 Å². The molecule has 3 aromatic carbocycles. The zero-order valence-electron chi connectivity index (χ0n) is 16.1. The van der Waals surface area contributed by atoms with Gasteiger partial charge >= 0.3 is 11.9 Å². The third-order valence-corrected chi connectivity index (χ3v) is 4.85. The Morgan fingerprint density at radius 1 is 0.643 bits per heavy atom. The molecule has 0 saturated heterocycles. The van der Waals surface area contributed by atoms with E-state index < -0.39 is 11.9 Å². The summed E-state index contributed by atoms with van der Waals surface area (Å²) in [5.41, 5.74) is 4.57. The lowest BCUT2D eigenvalue weighted by molar-refractivity contribution is 0.0592. The summed E-state index contributed by atoms with van der Waals surface area (Å²) in [6.07, 6.45) is 0. The third kappa shape index (κ3) is 3.67. The summed E-state index contributed by atoms with van der Waals surface area (Å²) in [7, 11) is 2.73. The van der Waals surface area contributed by atoms with Gasteiger partial charge in [0.1, 0.15) is 0 Å². The summed E-state index contributed by atoms with van der Waals surface area (Å²) < 4.78 is 9.99. The Morgan fingerprint density at radius 3 is 1.46 bits per heavy atom. The number of rotatable bonds is 5. The Labute approximate surface area is 164 Å². The second-order valence-corrected chi connectivity index (χ2v) is 6.45. The fourth-order valence-electron chi connectivity index (χ4n) is 3.50. The van der Waals surface area contributed by atoms with Gasteiger partial charge in [-0.15, -0.1) is 0 Å². The van der Waals surface area contributed by atoms with E-state index in [1.165, 1.54) is 14.2 Å². The second-order valence-electron chi connectivity index (χ2n) is 6.45. The van der Waals surface area contributed by atoms with Crippen molar-refractivity contribution >= 4 is 11.9 Å². The summed E-state index contributed by atoms with van der Waals surface area (Å²) in [4.78, 5) is 24.9. The van der Waals surface area contributed by atoms with Crippen LogP contribution in [0.15, 0.2) is 72.8 Å². The number of benzene rings is 3. The molecule has 0 fully saturated rings. The van der Waals surface area contributed by atoms with Crippen molar-refractivity contribution < 1.29 is 19.1 Å². The van der Waals surface area contributed by atoms with E-state index in [4.69, 9.17) is 9.47 Å². The molecule has 0 aromatic heterocycles. The van der Waals surface area contributed by atoms with Crippen LogP contribution >= 0.6 is 0 Å². The molecule has 4 heteroatoms. The first kappa shape index (κ1) is 19.4. The predicted molar refractivity (Wildman–Crippen MR) is 108 cm³/mol. The van der Waals surface area contributed by atoms with Gasteiger partial charge in [-0.2, -0.15) is 0 Å². The molecule has 0 aliphatic rings. The molecule has 4 nitrogen and oxygen atoms in total. The van der Waals surface area contributed by atoms with Gasteiger partial charge in [0.2, 0.25) is 0 Å². The molecule has 0 N–H and O–H groups in total. The predicted octanol–water partition coefficient (Wildman–Crippen LogP) is 4.75. The van der Waals surface area contributed by atoms with E-state index in [0.29, 0.717) is 11.1 Å². The van der Waals surface area contributed by atoms with E-state index in [1.54, 1.807) is 24.3 Å². The van der Waals surface area contributed by atoms with E-state index >= 15 is 0 Å². The van der Waals surface area contributed by atoms with E-state index in [9.17, 15) is 9.59 Å². The zero-order chi connectivity index (χ0) is 20.1. The lowest BCUT2D eigenvalue weighted by Gasteiger charge is -2.24. The Morgan fingerprint density at radius 2 is 1.04 bits per heavy atom. The molecular weight excluding hydrogens is 352 g/mol. The van der Waals surface area contributed by atoms with Crippen LogP contribution in [0, 0.1) is 6.92 Å². The molecule has 0 saturated carbocycles. The molecule has 0 bridgehead atoms. The van der Waals surface area contributed by atoms with Crippen LogP contribution in [0.2, 0.25) is 0 Å². The van der Waals surface area contributed by atoms with Crippen LogP contribution < -0.4 is 0 Å². The first-order valence-corrected chi connectivity index (χ1v) is 8.98. The van der Waals surface area contributed by atoms with Gasteiger partial charge in [0.25, 0.3) is 0 Å². The van der Waals surface area contributed by atoms with Crippen molar-refractivity contribution in [1.82, 2.24) is 0 Å². The lowest BCUT2D eigenvalue weighted by Crippen LogP contribution is -2.16. The van der Waals surface area contributed by atoms with E-state index in [2.05, 4.69) is 0 Å². The normalized spacial score (nSPS) is 10.6. The SMILES string of the molecule is COC(=O)c1ccccc1C(c1ccccc1C)c1ccccc1C(=O)OC. The molecule has 0 radical (unpaired) electrons. The van der Waals surface area contributed by atoms with Crippen molar-refractivity contribution in [2.75, 3.05) is 14.2 Å². The van der Waals surface area contributed by atoms with Gasteiger partial charge in [-0.05, 0) is 41.3 Å². The molecule has 0 amide bonds. The highest BCUT2D eigenvalue weighted by Gasteiger charge is 2.27. The first-order valence-electron chi connectivity index (χ1n) is 8.98. The molecule has 28 heavy (non-hydrogen) atoms. The van der Waals surface area contributed by atoms with Gasteiger partial charge < -0.3 is 9.47 Å². The smallest absolute Gasteiger partial charge is 0.338 e. The molecule has 0 atom stereocenters. The molecule has 0 aliphatic heterocycles. The fourth-order valence-corrected chi connectivity index (χ4v) is 3.50. The summed E-state index contributed by atoms with van der Waals surface area (Å²) in [6, 6.07) is 22.6. The van der Waals surface area contributed by atoms with Crippen molar-refractivity contribution in [3.05, 3.63) is 106 Å². The van der Waals surface area contributed by atoms with Gasteiger partial charge in [0.05, 0.1) is 25.3 Å². The summed E-state index contributed by atoms with van der Waals surface area (Å²) >= 11 is 0. The number of carbonyl (C=O) groups is 2. The van der Waals surface area contributed by atoms with Crippen molar-refractivity contribution in [1.29, 1.82) is 0 Å². The highest BCUT2D eigenvalue weighted by molar-refractivity contribution is 5.94. The maximum absolute atomic E-state index is 12.4. The van der Waals surface area contributed by atoms with Crippen LogP contribution in [0.25, 0.3) is 0 Å². The molecular formula is C24H22O4. The maximum Gasteiger partial charge on any atom is 0.338 e. The van der Waals surface area contributed by atoms with Crippen LogP contribution in [-0.2, 0) is 9.47 Å².